The van der Waals surface area contributed by atoms with Gasteiger partial charge in [-0.2, -0.15) is 0 Å². The summed E-state index contributed by atoms with van der Waals surface area (Å²) >= 11 is 0. The third kappa shape index (κ3) is 2.77. The summed E-state index contributed by atoms with van der Waals surface area (Å²) in [7, 11) is -3.39. The molecule has 1 aromatic heterocycles. The molecule has 1 atom stereocenters. The van der Waals surface area contributed by atoms with E-state index in [1.165, 1.54) is 6.20 Å². The number of piperidine rings is 1. The van der Waals surface area contributed by atoms with Gasteiger partial charge in [-0.1, -0.05) is 12.1 Å². The maximum atomic E-state index is 12.5. The summed E-state index contributed by atoms with van der Waals surface area (Å²) in [4.78, 5) is 8.42. The second-order valence-electron chi connectivity index (χ2n) is 4.71. The lowest BCUT2D eigenvalue weighted by molar-refractivity contribution is 0.495. The minimum atomic E-state index is -3.39. The third-order valence-electron chi connectivity index (χ3n) is 3.41. The first kappa shape index (κ1) is 15.2. The SMILES string of the molecule is Cl.O=S(=O)(c1cnc2ccccc2n1)C1CCCNC1. The van der Waals surface area contributed by atoms with E-state index in [1.54, 1.807) is 6.07 Å². The smallest absolute Gasteiger partial charge is 0.201 e. The zero-order valence-electron chi connectivity index (χ0n) is 10.8. The number of hydrogen-bond donors (Lipinski definition) is 1. The molecule has 2 heterocycles. The summed E-state index contributed by atoms with van der Waals surface area (Å²) in [5, 5.41) is 2.81. The van der Waals surface area contributed by atoms with Crippen LogP contribution in [0, 0.1) is 0 Å². The first-order valence-electron chi connectivity index (χ1n) is 6.34. The molecule has 108 valence electrons. The van der Waals surface area contributed by atoms with Crippen LogP contribution in [0.3, 0.4) is 0 Å². The Labute approximate surface area is 124 Å². The van der Waals surface area contributed by atoms with Crippen LogP contribution in [0.5, 0.6) is 0 Å². The molecule has 3 rings (SSSR count). The van der Waals surface area contributed by atoms with Gasteiger partial charge in [-0.25, -0.2) is 13.4 Å². The van der Waals surface area contributed by atoms with Crippen LogP contribution in [-0.2, 0) is 9.84 Å². The molecule has 1 aliphatic rings. The predicted molar refractivity (Wildman–Crippen MR) is 79.9 cm³/mol. The van der Waals surface area contributed by atoms with E-state index < -0.39 is 15.1 Å². The maximum Gasteiger partial charge on any atom is 0.201 e. The average Bonchev–Trinajstić information content (AvgIpc) is 2.47. The highest BCUT2D eigenvalue weighted by Gasteiger charge is 2.30. The van der Waals surface area contributed by atoms with Crippen molar-refractivity contribution in [1.29, 1.82) is 0 Å². The molecule has 1 unspecified atom stereocenters. The van der Waals surface area contributed by atoms with Crippen molar-refractivity contribution in [2.75, 3.05) is 13.1 Å². The zero-order valence-corrected chi connectivity index (χ0v) is 12.5. The minimum absolute atomic E-state index is 0. The fourth-order valence-electron chi connectivity index (χ4n) is 2.33. The van der Waals surface area contributed by atoms with Crippen molar-refractivity contribution in [2.24, 2.45) is 0 Å². The molecule has 1 fully saturated rings. The molecular formula is C13H16ClN3O2S. The Kier molecular flexibility index (Phi) is 4.57. The minimum Gasteiger partial charge on any atom is -0.315 e. The lowest BCUT2D eigenvalue weighted by Gasteiger charge is -2.22. The number of halogens is 1. The van der Waals surface area contributed by atoms with Crippen LogP contribution in [0.1, 0.15) is 12.8 Å². The Balaban J connectivity index is 0.00000147. The van der Waals surface area contributed by atoms with E-state index >= 15 is 0 Å². The van der Waals surface area contributed by atoms with Crippen LogP contribution in [0.25, 0.3) is 11.0 Å². The summed E-state index contributed by atoms with van der Waals surface area (Å²) in [6.45, 7) is 1.38. The highest BCUT2D eigenvalue weighted by atomic mass is 35.5. The van der Waals surface area contributed by atoms with Crippen molar-refractivity contribution in [2.45, 2.75) is 23.1 Å². The molecular weight excluding hydrogens is 298 g/mol. The van der Waals surface area contributed by atoms with Crippen LogP contribution >= 0.6 is 12.4 Å². The Hall–Kier alpha value is -1.24. The maximum absolute atomic E-state index is 12.5. The van der Waals surface area contributed by atoms with Crippen LogP contribution in [0.2, 0.25) is 0 Å². The molecule has 0 spiro atoms. The molecule has 5 nitrogen and oxygen atoms in total. The van der Waals surface area contributed by atoms with Gasteiger partial charge in [0.05, 0.1) is 22.5 Å². The van der Waals surface area contributed by atoms with Crippen molar-refractivity contribution in [1.82, 2.24) is 15.3 Å². The van der Waals surface area contributed by atoms with Crippen molar-refractivity contribution in [3.63, 3.8) is 0 Å². The lowest BCUT2D eigenvalue weighted by atomic mass is 10.2. The van der Waals surface area contributed by atoms with E-state index in [0.29, 0.717) is 24.0 Å². The Morgan fingerprint density at radius 2 is 1.95 bits per heavy atom. The predicted octanol–water partition coefficient (Wildman–Crippen LogP) is 1.58. The molecule has 1 saturated heterocycles. The van der Waals surface area contributed by atoms with E-state index in [0.717, 1.165) is 13.0 Å². The van der Waals surface area contributed by atoms with Gasteiger partial charge < -0.3 is 5.32 Å². The quantitative estimate of drug-likeness (QED) is 0.911. The number of para-hydroxylation sites is 2. The Bertz CT molecular complexity index is 700. The number of rotatable bonds is 2. The van der Waals surface area contributed by atoms with Gasteiger partial charge in [-0.15, -0.1) is 12.4 Å². The number of nitrogens with one attached hydrogen (secondary N) is 1. The van der Waals surface area contributed by atoms with Crippen molar-refractivity contribution in [3.8, 4) is 0 Å². The molecule has 0 saturated carbocycles. The van der Waals surface area contributed by atoms with Crippen molar-refractivity contribution < 1.29 is 8.42 Å². The van der Waals surface area contributed by atoms with E-state index in [-0.39, 0.29) is 17.4 Å². The number of nitrogens with zero attached hydrogens (tertiary/aromatic N) is 2. The second-order valence-corrected chi connectivity index (χ2v) is 6.89. The third-order valence-corrected chi connectivity index (χ3v) is 5.47. The van der Waals surface area contributed by atoms with E-state index in [2.05, 4.69) is 15.3 Å². The van der Waals surface area contributed by atoms with Crippen LogP contribution in [0.4, 0.5) is 0 Å². The van der Waals surface area contributed by atoms with E-state index in [9.17, 15) is 8.42 Å². The molecule has 1 aliphatic heterocycles. The Morgan fingerprint density at radius 3 is 2.65 bits per heavy atom. The standard InChI is InChI=1S/C13H15N3O2S.ClH/c17-19(18,10-4-3-7-14-8-10)13-9-15-11-5-1-2-6-12(11)16-13;/h1-2,5-6,9-10,14H,3-4,7-8H2;1H. The fourth-order valence-corrected chi connectivity index (χ4v) is 3.91. The summed E-state index contributed by atoms with van der Waals surface area (Å²) in [6, 6.07) is 7.28. The average molecular weight is 314 g/mol. The van der Waals surface area contributed by atoms with Crippen LogP contribution in [0.15, 0.2) is 35.5 Å². The van der Waals surface area contributed by atoms with E-state index in [1.807, 2.05) is 18.2 Å². The molecule has 1 N–H and O–H groups in total. The number of fused-ring (bicyclic) bond motifs is 1. The van der Waals surface area contributed by atoms with Crippen LogP contribution in [-0.4, -0.2) is 36.7 Å². The molecule has 20 heavy (non-hydrogen) atoms. The first-order valence-corrected chi connectivity index (χ1v) is 7.89. The van der Waals surface area contributed by atoms with Gasteiger partial charge in [0.25, 0.3) is 0 Å². The first-order chi connectivity index (χ1) is 9.18. The highest BCUT2D eigenvalue weighted by Crippen LogP contribution is 2.20. The topological polar surface area (TPSA) is 72.0 Å². The molecule has 0 bridgehead atoms. The largest absolute Gasteiger partial charge is 0.315 e. The Morgan fingerprint density at radius 1 is 1.20 bits per heavy atom. The lowest BCUT2D eigenvalue weighted by Crippen LogP contribution is -2.39. The molecule has 1 aromatic carbocycles. The molecule has 0 amide bonds. The van der Waals surface area contributed by atoms with Gasteiger partial charge in [0.2, 0.25) is 9.84 Å². The molecule has 0 aliphatic carbocycles. The second kappa shape index (κ2) is 6.03. The van der Waals surface area contributed by atoms with Crippen molar-refractivity contribution in [3.05, 3.63) is 30.5 Å². The fraction of sp³-hybridized carbons (Fsp3) is 0.385. The van der Waals surface area contributed by atoms with Gasteiger partial charge in [0, 0.05) is 6.54 Å². The number of benzene rings is 1. The highest BCUT2D eigenvalue weighted by molar-refractivity contribution is 7.92. The molecule has 7 heteroatoms. The monoisotopic (exact) mass is 313 g/mol. The van der Waals surface area contributed by atoms with Gasteiger partial charge in [0.15, 0.2) is 5.03 Å². The number of sulfone groups is 1. The van der Waals surface area contributed by atoms with Gasteiger partial charge in [-0.3, -0.25) is 4.98 Å². The molecule has 2 aromatic rings. The van der Waals surface area contributed by atoms with Gasteiger partial charge >= 0.3 is 0 Å². The normalized spacial score (nSPS) is 19.5. The summed E-state index contributed by atoms with van der Waals surface area (Å²) in [5.41, 5.74) is 1.33. The molecule has 0 radical (unpaired) electrons. The summed E-state index contributed by atoms with van der Waals surface area (Å²) in [5.74, 6) is 0. The zero-order chi connectivity index (χ0) is 13.3. The van der Waals surface area contributed by atoms with Crippen molar-refractivity contribution >= 4 is 33.3 Å². The summed E-state index contributed by atoms with van der Waals surface area (Å²) < 4.78 is 25.0. The summed E-state index contributed by atoms with van der Waals surface area (Å²) in [6.07, 6.45) is 2.93. The van der Waals surface area contributed by atoms with E-state index in [4.69, 9.17) is 0 Å². The number of aromatic nitrogens is 2. The van der Waals surface area contributed by atoms with Crippen LogP contribution < -0.4 is 5.32 Å². The number of hydrogen-bond acceptors (Lipinski definition) is 5. The van der Waals surface area contributed by atoms with Gasteiger partial charge in [0.1, 0.15) is 0 Å². The van der Waals surface area contributed by atoms with Gasteiger partial charge in [-0.05, 0) is 31.5 Å².